The smallest absolute Gasteiger partial charge is 0.471 e. The van der Waals surface area contributed by atoms with Gasteiger partial charge in [-0.1, -0.05) is 17.7 Å². The lowest BCUT2D eigenvalue weighted by atomic mass is 10.2. The van der Waals surface area contributed by atoms with Crippen LogP contribution in [0.3, 0.4) is 0 Å². The van der Waals surface area contributed by atoms with Gasteiger partial charge in [0.25, 0.3) is 0 Å². The third kappa shape index (κ3) is 4.12. The Morgan fingerprint density at radius 2 is 1.95 bits per heavy atom. The Balaban J connectivity index is 3.12. The number of aliphatic carboxylic acids is 1. The number of rotatable bonds is 4. The molecule has 1 rings (SSSR count). The van der Waals surface area contributed by atoms with Crippen molar-refractivity contribution in [3.63, 3.8) is 0 Å². The molecule has 0 saturated carbocycles. The van der Waals surface area contributed by atoms with Gasteiger partial charge in [-0.2, -0.15) is 13.2 Å². The highest BCUT2D eigenvalue weighted by atomic mass is 35.5. The maximum Gasteiger partial charge on any atom is 0.471 e. The van der Waals surface area contributed by atoms with Gasteiger partial charge in [0.05, 0.1) is 6.42 Å². The van der Waals surface area contributed by atoms with Crippen molar-refractivity contribution < 1.29 is 27.9 Å². The highest BCUT2D eigenvalue weighted by molar-refractivity contribution is 6.31. The summed E-state index contributed by atoms with van der Waals surface area (Å²) in [6.07, 6.45) is -5.69. The summed E-state index contributed by atoms with van der Waals surface area (Å²) in [4.78, 5) is 22.2. The van der Waals surface area contributed by atoms with Crippen molar-refractivity contribution in [1.29, 1.82) is 0 Å². The average molecular weight is 310 g/mol. The van der Waals surface area contributed by atoms with Gasteiger partial charge in [-0.25, -0.2) is 0 Å². The second kappa shape index (κ2) is 6.13. The topological polar surface area (TPSA) is 57.6 Å². The van der Waals surface area contributed by atoms with Crippen molar-refractivity contribution in [2.45, 2.75) is 19.5 Å². The Bertz CT molecular complexity index is 531. The molecule has 0 atom stereocenters. The standard InChI is InChI=1S/C12H11ClF3NO3/c1-7-2-3-8(6-9(7)13)17(5-4-10(18)19)11(20)12(14,15)16/h2-3,6H,4-5H2,1H3,(H,18,19). The van der Waals surface area contributed by atoms with Gasteiger partial charge in [0.15, 0.2) is 0 Å². The third-order valence-corrected chi connectivity index (χ3v) is 2.91. The highest BCUT2D eigenvalue weighted by Crippen LogP contribution is 2.27. The van der Waals surface area contributed by atoms with Gasteiger partial charge in [-0.3, -0.25) is 9.59 Å². The van der Waals surface area contributed by atoms with E-state index in [4.69, 9.17) is 16.7 Å². The normalized spacial score (nSPS) is 11.2. The first-order chi connectivity index (χ1) is 9.12. The second-order valence-corrected chi connectivity index (χ2v) is 4.44. The molecule has 4 nitrogen and oxygen atoms in total. The minimum absolute atomic E-state index is 0.0934. The van der Waals surface area contributed by atoms with Crippen LogP contribution >= 0.6 is 11.6 Å². The molecule has 0 aliphatic heterocycles. The molecule has 1 aromatic carbocycles. The molecular weight excluding hydrogens is 299 g/mol. The number of halogens is 4. The predicted molar refractivity (Wildman–Crippen MR) is 66.8 cm³/mol. The molecule has 0 spiro atoms. The van der Waals surface area contributed by atoms with Crippen LogP contribution in [0.2, 0.25) is 5.02 Å². The van der Waals surface area contributed by atoms with Gasteiger partial charge < -0.3 is 10.0 Å². The Morgan fingerprint density at radius 3 is 2.40 bits per heavy atom. The molecule has 20 heavy (non-hydrogen) atoms. The number of benzene rings is 1. The van der Waals surface area contributed by atoms with Gasteiger partial charge in [0.1, 0.15) is 0 Å². The minimum atomic E-state index is -5.09. The summed E-state index contributed by atoms with van der Waals surface area (Å²) in [5.74, 6) is -3.43. The molecule has 0 aliphatic carbocycles. The van der Waals surface area contributed by atoms with Gasteiger partial charge in [0.2, 0.25) is 0 Å². The van der Waals surface area contributed by atoms with Crippen LogP contribution in [-0.2, 0) is 9.59 Å². The largest absolute Gasteiger partial charge is 0.481 e. The third-order valence-electron chi connectivity index (χ3n) is 2.50. The first-order valence-corrected chi connectivity index (χ1v) is 5.87. The molecule has 0 fully saturated rings. The van der Waals surface area contributed by atoms with Gasteiger partial charge in [-0.05, 0) is 24.6 Å². The first-order valence-electron chi connectivity index (χ1n) is 5.49. The van der Waals surface area contributed by atoms with Gasteiger partial charge in [0, 0.05) is 17.3 Å². The SMILES string of the molecule is Cc1ccc(N(CCC(=O)O)C(=O)C(F)(F)F)cc1Cl. The highest BCUT2D eigenvalue weighted by Gasteiger charge is 2.43. The van der Waals surface area contributed by atoms with Crippen molar-refractivity contribution in [3.05, 3.63) is 28.8 Å². The molecule has 0 aliphatic rings. The number of carboxylic acids is 1. The van der Waals surface area contributed by atoms with Crippen LogP contribution < -0.4 is 4.90 Å². The molecule has 0 bridgehead atoms. The summed E-state index contributed by atoms with van der Waals surface area (Å²) in [5.41, 5.74) is 0.539. The molecule has 1 aromatic rings. The monoisotopic (exact) mass is 309 g/mol. The van der Waals surface area contributed by atoms with Crippen molar-refractivity contribution in [3.8, 4) is 0 Å². The maximum absolute atomic E-state index is 12.5. The first kappa shape index (κ1) is 16.3. The van der Waals surface area contributed by atoms with E-state index in [1.54, 1.807) is 6.92 Å². The van der Waals surface area contributed by atoms with Crippen molar-refractivity contribution >= 4 is 29.2 Å². The molecule has 1 amide bonds. The van der Waals surface area contributed by atoms with Crippen LogP contribution in [0.5, 0.6) is 0 Å². The lowest BCUT2D eigenvalue weighted by Gasteiger charge is -2.23. The number of anilines is 1. The fourth-order valence-electron chi connectivity index (χ4n) is 1.46. The average Bonchev–Trinajstić information content (AvgIpc) is 2.32. The van der Waals surface area contributed by atoms with E-state index in [2.05, 4.69) is 0 Å². The minimum Gasteiger partial charge on any atom is -0.481 e. The quantitative estimate of drug-likeness (QED) is 0.930. The number of carbonyl (C=O) groups is 2. The molecule has 0 saturated heterocycles. The molecule has 0 heterocycles. The Hall–Kier alpha value is -1.76. The zero-order chi connectivity index (χ0) is 15.5. The molecule has 0 radical (unpaired) electrons. The number of nitrogens with zero attached hydrogens (tertiary/aromatic N) is 1. The summed E-state index contributed by atoms with van der Waals surface area (Å²) in [6.45, 7) is 1.06. The van der Waals surface area contributed by atoms with Gasteiger partial charge in [-0.15, -0.1) is 0 Å². The summed E-state index contributed by atoms with van der Waals surface area (Å²) < 4.78 is 37.6. The molecular formula is C12H11ClF3NO3. The van der Waals surface area contributed by atoms with Crippen LogP contribution in [0, 0.1) is 6.92 Å². The van der Waals surface area contributed by atoms with E-state index >= 15 is 0 Å². The molecule has 8 heteroatoms. The number of aryl methyl sites for hydroxylation is 1. The van der Waals surface area contributed by atoms with E-state index in [9.17, 15) is 22.8 Å². The lowest BCUT2D eigenvalue weighted by molar-refractivity contribution is -0.170. The van der Waals surface area contributed by atoms with Crippen molar-refractivity contribution in [1.82, 2.24) is 0 Å². The number of hydrogen-bond donors (Lipinski definition) is 1. The van der Waals surface area contributed by atoms with Crippen molar-refractivity contribution in [2.24, 2.45) is 0 Å². The van der Waals surface area contributed by atoms with Crippen LogP contribution in [0.25, 0.3) is 0 Å². The van der Waals surface area contributed by atoms with E-state index < -0.39 is 31.0 Å². The van der Waals surface area contributed by atoms with E-state index in [-0.39, 0.29) is 10.7 Å². The lowest BCUT2D eigenvalue weighted by Crippen LogP contribution is -2.42. The van der Waals surface area contributed by atoms with E-state index in [1.807, 2.05) is 0 Å². The molecule has 0 aromatic heterocycles. The fourth-order valence-corrected chi connectivity index (χ4v) is 1.63. The van der Waals surface area contributed by atoms with Gasteiger partial charge >= 0.3 is 18.1 Å². The summed E-state index contributed by atoms with van der Waals surface area (Å²) in [7, 11) is 0. The van der Waals surface area contributed by atoms with Crippen LogP contribution in [0.15, 0.2) is 18.2 Å². The number of amides is 1. The predicted octanol–water partition coefficient (Wildman–Crippen LogP) is 3.02. The van der Waals surface area contributed by atoms with E-state index in [1.165, 1.54) is 18.2 Å². The number of carboxylic acid groups (broad SMARTS) is 1. The summed E-state index contributed by atoms with van der Waals surface area (Å²) in [5, 5.41) is 8.74. The Kier molecular flexibility index (Phi) is 4.99. The Labute approximate surface area is 117 Å². The summed E-state index contributed by atoms with van der Waals surface area (Å²) >= 11 is 5.80. The number of carbonyl (C=O) groups excluding carboxylic acids is 1. The number of hydrogen-bond acceptors (Lipinski definition) is 2. The van der Waals surface area contributed by atoms with Crippen molar-refractivity contribution in [2.75, 3.05) is 11.4 Å². The Morgan fingerprint density at radius 1 is 1.35 bits per heavy atom. The van der Waals surface area contributed by atoms with E-state index in [0.29, 0.717) is 10.5 Å². The zero-order valence-electron chi connectivity index (χ0n) is 10.4. The van der Waals surface area contributed by atoms with Crippen LogP contribution in [-0.4, -0.2) is 29.7 Å². The van der Waals surface area contributed by atoms with Crippen LogP contribution in [0.1, 0.15) is 12.0 Å². The maximum atomic E-state index is 12.5. The molecule has 0 unspecified atom stereocenters. The number of alkyl halides is 3. The van der Waals surface area contributed by atoms with Crippen LogP contribution in [0.4, 0.5) is 18.9 Å². The summed E-state index contributed by atoms with van der Waals surface area (Å²) in [6, 6.07) is 3.93. The van der Waals surface area contributed by atoms with E-state index in [0.717, 1.165) is 0 Å². The fraction of sp³-hybridized carbons (Fsp3) is 0.333. The second-order valence-electron chi connectivity index (χ2n) is 4.03. The molecule has 1 N–H and O–H groups in total. The zero-order valence-corrected chi connectivity index (χ0v) is 11.1. The molecule has 110 valence electrons.